The van der Waals surface area contributed by atoms with Gasteiger partial charge >= 0.3 is 0 Å². The third-order valence-electron chi connectivity index (χ3n) is 5.16. The fourth-order valence-corrected chi connectivity index (χ4v) is 7.63. The van der Waals surface area contributed by atoms with Crippen molar-refractivity contribution in [1.29, 1.82) is 0 Å². The van der Waals surface area contributed by atoms with Gasteiger partial charge in [-0.3, -0.25) is 4.74 Å². The van der Waals surface area contributed by atoms with Gasteiger partial charge in [0.15, 0.2) is 0 Å². The van der Waals surface area contributed by atoms with Crippen LogP contribution in [0.2, 0.25) is 0 Å². The van der Waals surface area contributed by atoms with Crippen LogP contribution in [-0.2, 0) is 0 Å². The molecule has 0 fully saturated rings. The van der Waals surface area contributed by atoms with E-state index in [0.717, 1.165) is 24.2 Å². The smallest absolute Gasteiger partial charge is 0.0425 e. The molecule has 0 aromatic carbocycles. The van der Waals surface area contributed by atoms with Crippen molar-refractivity contribution in [2.75, 3.05) is 18.5 Å². The molecule has 1 aliphatic carbocycles. The van der Waals surface area contributed by atoms with Crippen molar-refractivity contribution >= 4 is 7.05 Å². The van der Waals surface area contributed by atoms with Crippen LogP contribution in [0.15, 0.2) is 28.7 Å². The minimum atomic E-state index is -1.20. The summed E-state index contributed by atoms with van der Waals surface area (Å²) in [7, 11) is -1.20. The minimum Gasteiger partial charge on any atom is -0.272 e. The number of allylic oxidation sites excluding steroid dienone is 3. The van der Waals surface area contributed by atoms with Crippen molar-refractivity contribution < 1.29 is 0 Å². The molecule has 0 saturated heterocycles. The van der Waals surface area contributed by atoms with Gasteiger partial charge in [-0.1, -0.05) is 73.0 Å². The first-order valence-electron chi connectivity index (χ1n) is 10.8. The van der Waals surface area contributed by atoms with Crippen molar-refractivity contribution in [3.05, 3.63) is 23.9 Å². The number of hydrogen-bond donors (Lipinski definition) is 0. The molecule has 0 atom stereocenters. The van der Waals surface area contributed by atoms with Gasteiger partial charge in [0.05, 0.1) is 0 Å². The molecule has 1 rings (SSSR count). The van der Waals surface area contributed by atoms with Gasteiger partial charge in [0.25, 0.3) is 0 Å². The van der Waals surface area contributed by atoms with Gasteiger partial charge in [-0.2, -0.15) is 0 Å². The van der Waals surface area contributed by atoms with Gasteiger partial charge in [0.1, 0.15) is 0 Å². The Labute approximate surface area is 158 Å². The molecule has 0 saturated carbocycles. The first kappa shape index (κ1) is 22.8. The topological polar surface area (TPSA) is 12.4 Å². The molecule has 0 amide bonds. The maximum atomic E-state index is 5.51. The monoisotopic (exact) mass is 365 g/mol. The standard InChI is InChI=1S/C23H44NP/c1-20(2)12-9-17-25(18-10-13-21(3)4,19-11-14-22(5)6)24-23-15-7-8-16-23/h7-8,15,20-22H,9-14,16-19H2,1-6H3. The molecular formula is C23H44NP. The average Bonchev–Trinajstić information content (AvgIpc) is 2.98. The third-order valence-corrected chi connectivity index (χ3v) is 9.29. The molecule has 146 valence electrons. The summed E-state index contributed by atoms with van der Waals surface area (Å²) in [5.74, 6) is 2.46. The minimum absolute atomic E-state index is 0.820. The molecule has 0 unspecified atom stereocenters. The molecule has 0 heterocycles. The third kappa shape index (κ3) is 10.4. The summed E-state index contributed by atoms with van der Waals surface area (Å²) in [5, 5.41) is 0. The molecule has 1 aliphatic rings. The van der Waals surface area contributed by atoms with Crippen LogP contribution in [0.4, 0.5) is 0 Å². The Kier molecular flexibility index (Phi) is 11.1. The Bertz CT molecular complexity index is 426. The molecule has 0 N–H and O–H groups in total. The van der Waals surface area contributed by atoms with Gasteiger partial charge in [-0.05, 0) is 68.6 Å². The zero-order valence-electron chi connectivity index (χ0n) is 17.9. The van der Waals surface area contributed by atoms with Crippen molar-refractivity contribution in [3.8, 4) is 0 Å². The van der Waals surface area contributed by atoms with Crippen LogP contribution in [0, 0.1) is 17.8 Å². The van der Waals surface area contributed by atoms with E-state index in [-0.39, 0.29) is 0 Å². The van der Waals surface area contributed by atoms with Crippen molar-refractivity contribution in [3.63, 3.8) is 0 Å². The van der Waals surface area contributed by atoms with Crippen LogP contribution in [0.3, 0.4) is 0 Å². The second-order valence-electron chi connectivity index (χ2n) is 9.26. The average molecular weight is 366 g/mol. The Morgan fingerprint density at radius 3 is 1.56 bits per heavy atom. The summed E-state index contributed by atoms with van der Waals surface area (Å²) in [5.41, 5.74) is 1.37. The lowest BCUT2D eigenvalue weighted by Gasteiger charge is -2.27. The lowest BCUT2D eigenvalue weighted by Crippen LogP contribution is -2.05. The molecule has 0 aromatic rings. The number of rotatable bonds is 13. The fourth-order valence-electron chi connectivity index (χ4n) is 3.65. The van der Waals surface area contributed by atoms with E-state index in [9.17, 15) is 0 Å². The highest BCUT2D eigenvalue weighted by molar-refractivity contribution is 7.66. The summed E-state index contributed by atoms with van der Waals surface area (Å²) in [4.78, 5) is 0. The highest BCUT2D eigenvalue weighted by Gasteiger charge is 2.21. The van der Waals surface area contributed by atoms with E-state index < -0.39 is 7.05 Å². The Balaban J connectivity index is 2.88. The molecule has 2 heteroatoms. The lowest BCUT2D eigenvalue weighted by molar-refractivity contribution is 0.566. The fraction of sp³-hybridized carbons (Fsp3) is 0.826. The van der Waals surface area contributed by atoms with Crippen molar-refractivity contribution in [1.82, 2.24) is 0 Å². The molecule has 0 aromatic heterocycles. The second-order valence-corrected chi connectivity index (χ2v) is 13.0. The quantitative estimate of drug-likeness (QED) is 0.291. The summed E-state index contributed by atoms with van der Waals surface area (Å²) >= 11 is 0. The van der Waals surface area contributed by atoms with E-state index in [1.165, 1.54) is 62.7 Å². The molecular weight excluding hydrogens is 321 g/mol. The Hall–Kier alpha value is -0.290. The number of nitrogens with zero attached hydrogens (tertiary/aromatic N) is 1. The Morgan fingerprint density at radius 2 is 1.24 bits per heavy atom. The van der Waals surface area contributed by atoms with Gasteiger partial charge in [-0.25, -0.2) is 0 Å². The largest absolute Gasteiger partial charge is 0.272 e. The molecule has 1 nitrogen and oxygen atoms in total. The summed E-state index contributed by atoms with van der Waals surface area (Å²) in [6, 6.07) is 0. The summed E-state index contributed by atoms with van der Waals surface area (Å²) in [6.07, 6.45) is 20.2. The number of hydrogen-bond acceptors (Lipinski definition) is 1. The first-order chi connectivity index (χ1) is 11.8. The Morgan fingerprint density at radius 1 is 0.800 bits per heavy atom. The predicted molar refractivity (Wildman–Crippen MR) is 118 cm³/mol. The van der Waals surface area contributed by atoms with Crippen LogP contribution >= 0.6 is 7.05 Å². The van der Waals surface area contributed by atoms with Gasteiger partial charge in [0.2, 0.25) is 0 Å². The van der Waals surface area contributed by atoms with E-state index >= 15 is 0 Å². The predicted octanol–water partition coefficient (Wildman–Crippen LogP) is 8.34. The maximum Gasteiger partial charge on any atom is 0.0425 e. The summed E-state index contributed by atoms with van der Waals surface area (Å²) < 4.78 is 5.51. The molecule has 0 spiro atoms. The van der Waals surface area contributed by atoms with Crippen molar-refractivity contribution in [2.45, 2.75) is 86.5 Å². The van der Waals surface area contributed by atoms with E-state index in [4.69, 9.17) is 4.74 Å². The summed E-state index contributed by atoms with van der Waals surface area (Å²) in [6.45, 7) is 14.2. The van der Waals surface area contributed by atoms with Crippen LogP contribution in [0.5, 0.6) is 0 Å². The van der Waals surface area contributed by atoms with Gasteiger partial charge in [0, 0.05) is 12.1 Å². The van der Waals surface area contributed by atoms with Gasteiger partial charge < -0.3 is 0 Å². The second kappa shape index (κ2) is 12.2. The molecule has 0 radical (unpaired) electrons. The highest BCUT2D eigenvalue weighted by atomic mass is 31.2. The zero-order chi connectivity index (χ0) is 18.7. The molecule has 0 bridgehead atoms. The van der Waals surface area contributed by atoms with Crippen molar-refractivity contribution in [2.24, 2.45) is 22.5 Å². The van der Waals surface area contributed by atoms with Gasteiger partial charge in [-0.15, -0.1) is 0 Å². The normalized spacial score (nSPS) is 14.8. The van der Waals surface area contributed by atoms with Crippen LogP contribution in [0.1, 0.15) is 86.5 Å². The van der Waals surface area contributed by atoms with E-state index in [2.05, 4.69) is 59.8 Å². The van der Waals surface area contributed by atoms with Crippen LogP contribution < -0.4 is 0 Å². The maximum absolute atomic E-state index is 5.51. The SMILES string of the molecule is CC(C)CCCP(CCCC(C)C)(CCCC(C)C)=NC1=CC=CC1. The van der Waals surface area contributed by atoms with Crippen LogP contribution in [0.25, 0.3) is 0 Å². The first-order valence-corrected chi connectivity index (χ1v) is 13.1. The highest BCUT2D eigenvalue weighted by Crippen LogP contribution is 2.54. The lowest BCUT2D eigenvalue weighted by atomic mass is 10.1. The van der Waals surface area contributed by atoms with Crippen LogP contribution in [-0.4, -0.2) is 18.5 Å². The zero-order valence-corrected chi connectivity index (χ0v) is 18.8. The van der Waals surface area contributed by atoms with E-state index in [0.29, 0.717) is 0 Å². The molecule has 0 aliphatic heterocycles. The van der Waals surface area contributed by atoms with E-state index in [1.807, 2.05) is 0 Å². The molecule has 25 heavy (non-hydrogen) atoms. The van der Waals surface area contributed by atoms with E-state index in [1.54, 1.807) is 0 Å².